The Balaban J connectivity index is 1.87. The number of rotatable bonds is 3. The number of fused-ring (bicyclic) bond motifs is 1. The maximum Gasteiger partial charge on any atom is 0.150 e. The van der Waals surface area contributed by atoms with E-state index in [1.807, 2.05) is 6.07 Å². The van der Waals surface area contributed by atoms with Crippen molar-refractivity contribution >= 4 is 17.9 Å². The van der Waals surface area contributed by atoms with Crippen LogP contribution in [-0.4, -0.2) is 6.29 Å². The van der Waals surface area contributed by atoms with Crippen LogP contribution < -0.4 is 4.74 Å². The fourth-order valence-electron chi connectivity index (χ4n) is 2.41. The Bertz CT molecular complexity index is 635. The summed E-state index contributed by atoms with van der Waals surface area (Å²) in [5.41, 5.74) is 3.32. The van der Waals surface area contributed by atoms with E-state index in [9.17, 15) is 4.79 Å². The number of carbonyl (C=O) groups excluding carboxylic acids is 1. The summed E-state index contributed by atoms with van der Waals surface area (Å²) in [5, 5.41) is 0.449. The van der Waals surface area contributed by atoms with Crippen LogP contribution in [0.4, 0.5) is 0 Å². The summed E-state index contributed by atoms with van der Waals surface area (Å²) in [5.74, 6) is 1.37. The van der Waals surface area contributed by atoms with Crippen molar-refractivity contribution in [3.63, 3.8) is 0 Å². The first kappa shape index (κ1) is 12.2. The molecule has 0 N–H and O–H groups in total. The van der Waals surface area contributed by atoms with Gasteiger partial charge in [-0.05, 0) is 60.7 Å². The SMILES string of the molecule is O=Cc1ccc(Oc2ccc3c(c2)CCC3)c(Cl)c1. The molecule has 3 heteroatoms. The average Bonchev–Trinajstić information content (AvgIpc) is 2.88. The highest BCUT2D eigenvalue weighted by Crippen LogP contribution is 2.32. The largest absolute Gasteiger partial charge is 0.456 e. The molecule has 0 saturated carbocycles. The number of hydrogen-bond donors (Lipinski definition) is 0. The van der Waals surface area contributed by atoms with Crippen LogP contribution in [0.25, 0.3) is 0 Å². The second kappa shape index (κ2) is 5.06. The smallest absolute Gasteiger partial charge is 0.150 e. The molecule has 96 valence electrons. The zero-order valence-electron chi connectivity index (χ0n) is 10.4. The molecule has 1 aliphatic carbocycles. The maximum atomic E-state index is 10.7. The Morgan fingerprint density at radius 2 is 1.89 bits per heavy atom. The summed E-state index contributed by atoms with van der Waals surface area (Å²) < 4.78 is 5.79. The first-order valence-corrected chi connectivity index (χ1v) is 6.68. The standard InChI is InChI=1S/C16H13ClO2/c17-15-8-11(10-18)4-7-16(15)19-14-6-5-12-2-1-3-13(12)9-14/h4-10H,1-3H2. The highest BCUT2D eigenvalue weighted by Gasteiger charge is 2.12. The van der Waals surface area contributed by atoms with Crippen molar-refractivity contribution in [1.82, 2.24) is 0 Å². The summed E-state index contributed by atoms with van der Waals surface area (Å²) in [6.45, 7) is 0. The van der Waals surface area contributed by atoms with Gasteiger partial charge in [-0.25, -0.2) is 0 Å². The summed E-state index contributed by atoms with van der Waals surface area (Å²) in [4.78, 5) is 10.7. The van der Waals surface area contributed by atoms with Crippen LogP contribution in [0.2, 0.25) is 5.02 Å². The Kier molecular flexibility index (Phi) is 3.26. The lowest BCUT2D eigenvalue weighted by molar-refractivity contribution is 0.112. The lowest BCUT2D eigenvalue weighted by atomic mass is 10.1. The highest BCUT2D eigenvalue weighted by molar-refractivity contribution is 6.32. The van der Waals surface area contributed by atoms with Crippen molar-refractivity contribution in [3.05, 3.63) is 58.1 Å². The number of benzene rings is 2. The van der Waals surface area contributed by atoms with E-state index in [-0.39, 0.29) is 0 Å². The molecule has 0 aliphatic heterocycles. The second-order valence-corrected chi connectivity index (χ2v) is 5.10. The number of halogens is 1. The summed E-state index contributed by atoms with van der Waals surface area (Å²) in [6, 6.07) is 11.2. The molecule has 0 amide bonds. The van der Waals surface area contributed by atoms with Crippen molar-refractivity contribution in [2.24, 2.45) is 0 Å². The van der Waals surface area contributed by atoms with Crippen molar-refractivity contribution in [1.29, 1.82) is 0 Å². The van der Waals surface area contributed by atoms with E-state index in [0.29, 0.717) is 16.3 Å². The molecule has 2 aromatic carbocycles. The fourth-order valence-corrected chi connectivity index (χ4v) is 2.64. The number of aldehydes is 1. The minimum absolute atomic E-state index is 0.449. The third-order valence-electron chi connectivity index (χ3n) is 3.39. The lowest BCUT2D eigenvalue weighted by Crippen LogP contribution is -1.89. The van der Waals surface area contributed by atoms with E-state index < -0.39 is 0 Å². The number of aryl methyl sites for hydroxylation is 2. The van der Waals surface area contributed by atoms with Crippen LogP contribution in [0.15, 0.2) is 36.4 Å². The second-order valence-electron chi connectivity index (χ2n) is 4.69. The molecule has 0 aromatic heterocycles. The summed E-state index contributed by atoms with van der Waals surface area (Å²) >= 11 is 6.09. The van der Waals surface area contributed by atoms with Crippen LogP contribution in [-0.2, 0) is 12.8 Å². The zero-order valence-corrected chi connectivity index (χ0v) is 11.1. The Labute approximate surface area is 117 Å². The van der Waals surface area contributed by atoms with Gasteiger partial charge < -0.3 is 4.74 Å². The van der Waals surface area contributed by atoms with E-state index in [1.165, 1.54) is 17.5 Å². The van der Waals surface area contributed by atoms with E-state index in [0.717, 1.165) is 24.9 Å². The van der Waals surface area contributed by atoms with Gasteiger partial charge in [-0.2, -0.15) is 0 Å². The molecule has 0 unspecified atom stereocenters. The minimum atomic E-state index is 0.449. The van der Waals surface area contributed by atoms with Gasteiger partial charge in [0.2, 0.25) is 0 Å². The molecule has 0 fully saturated rings. The Morgan fingerprint density at radius 1 is 1.05 bits per heavy atom. The van der Waals surface area contributed by atoms with E-state index in [1.54, 1.807) is 18.2 Å². The zero-order chi connectivity index (χ0) is 13.2. The predicted octanol–water partition coefficient (Wildman–Crippen LogP) is 4.43. The van der Waals surface area contributed by atoms with Crippen molar-refractivity contribution in [2.75, 3.05) is 0 Å². The molecule has 1 aliphatic rings. The highest BCUT2D eigenvalue weighted by atomic mass is 35.5. The number of ether oxygens (including phenoxy) is 1. The van der Waals surface area contributed by atoms with E-state index in [4.69, 9.17) is 16.3 Å². The van der Waals surface area contributed by atoms with Crippen LogP contribution in [0.1, 0.15) is 27.9 Å². The number of hydrogen-bond acceptors (Lipinski definition) is 2. The van der Waals surface area contributed by atoms with Crippen molar-refractivity contribution < 1.29 is 9.53 Å². The van der Waals surface area contributed by atoms with Crippen LogP contribution >= 0.6 is 11.6 Å². The molecule has 3 rings (SSSR count). The van der Waals surface area contributed by atoms with Crippen LogP contribution in [0, 0.1) is 0 Å². The Hall–Kier alpha value is -1.80. The van der Waals surface area contributed by atoms with Gasteiger partial charge in [0, 0.05) is 5.56 Å². The molecule has 2 aromatic rings. The summed E-state index contributed by atoms with van der Waals surface area (Å²) in [7, 11) is 0. The fraction of sp³-hybridized carbons (Fsp3) is 0.188. The molecular weight excluding hydrogens is 260 g/mol. The quantitative estimate of drug-likeness (QED) is 0.773. The molecule has 0 saturated heterocycles. The molecule has 0 bridgehead atoms. The lowest BCUT2D eigenvalue weighted by Gasteiger charge is -2.09. The van der Waals surface area contributed by atoms with Gasteiger partial charge in [-0.3, -0.25) is 4.79 Å². The van der Waals surface area contributed by atoms with Crippen LogP contribution in [0.3, 0.4) is 0 Å². The van der Waals surface area contributed by atoms with Gasteiger partial charge in [0.25, 0.3) is 0 Å². The maximum absolute atomic E-state index is 10.7. The molecular formula is C16H13ClO2. The molecule has 0 heterocycles. The van der Waals surface area contributed by atoms with E-state index in [2.05, 4.69) is 12.1 Å². The third kappa shape index (κ3) is 2.49. The molecule has 2 nitrogen and oxygen atoms in total. The van der Waals surface area contributed by atoms with Gasteiger partial charge in [-0.15, -0.1) is 0 Å². The average molecular weight is 273 g/mol. The number of carbonyl (C=O) groups is 1. The third-order valence-corrected chi connectivity index (χ3v) is 3.69. The van der Waals surface area contributed by atoms with Gasteiger partial charge >= 0.3 is 0 Å². The van der Waals surface area contributed by atoms with Gasteiger partial charge in [0.1, 0.15) is 17.8 Å². The van der Waals surface area contributed by atoms with Crippen LogP contribution in [0.5, 0.6) is 11.5 Å². The monoisotopic (exact) mass is 272 g/mol. The van der Waals surface area contributed by atoms with Gasteiger partial charge in [-0.1, -0.05) is 17.7 Å². The predicted molar refractivity (Wildman–Crippen MR) is 75.4 cm³/mol. The topological polar surface area (TPSA) is 26.3 Å². The molecule has 0 spiro atoms. The normalized spacial score (nSPS) is 13.1. The minimum Gasteiger partial charge on any atom is -0.456 e. The first-order valence-electron chi connectivity index (χ1n) is 6.30. The summed E-state index contributed by atoms with van der Waals surface area (Å²) in [6.07, 6.45) is 4.26. The molecule has 19 heavy (non-hydrogen) atoms. The van der Waals surface area contributed by atoms with E-state index >= 15 is 0 Å². The Morgan fingerprint density at radius 3 is 2.68 bits per heavy atom. The van der Waals surface area contributed by atoms with Gasteiger partial charge in [0.05, 0.1) is 5.02 Å². The van der Waals surface area contributed by atoms with Gasteiger partial charge in [0.15, 0.2) is 0 Å². The molecule has 0 atom stereocenters. The van der Waals surface area contributed by atoms with Crippen molar-refractivity contribution in [3.8, 4) is 11.5 Å². The first-order chi connectivity index (χ1) is 9.26. The van der Waals surface area contributed by atoms with Crippen molar-refractivity contribution in [2.45, 2.75) is 19.3 Å². The molecule has 0 radical (unpaired) electrons.